The third-order valence-electron chi connectivity index (χ3n) is 3.37. The molecule has 0 atom stereocenters. The normalized spacial score (nSPS) is 24.5. The summed E-state index contributed by atoms with van der Waals surface area (Å²) in [4.78, 5) is 8.95. The van der Waals surface area contributed by atoms with Gasteiger partial charge in [-0.05, 0) is 0 Å². The van der Waals surface area contributed by atoms with Gasteiger partial charge in [-0.1, -0.05) is 5.16 Å². The summed E-state index contributed by atoms with van der Waals surface area (Å²) in [6, 6.07) is 0.727. The highest BCUT2D eigenvalue weighted by Crippen LogP contribution is 2.17. The quantitative estimate of drug-likeness (QED) is 0.721. The predicted molar refractivity (Wildman–Crippen MR) is 57.8 cm³/mol. The second kappa shape index (κ2) is 4.48. The molecule has 2 aliphatic heterocycles. The second-order valence-electron chi connectivity index (χ2n) is 4.47. The first kappa shape index (κ1) is 10.2. The molecule has 0 amide bonds. The van der Waals surface area contributed by atoms with Crippen LogP contribution >= 0.6 is 0 Å². The van der Waals surface area contributed by atoms with Crippen molar-refractivity contribution in [2.45, 2.75) is 12.6 Å². The highest BCUT2D eigenvalue weighted by atomic mass is 16.5. The molecule has 2 fully saturated rings. The summed E-state index contributed by atoms with van der Waals surface area (Å²) >= 11 is 0. The van der Waals surface area contributed by atoms with Crippen LogP contribution in [-0.4, -0.2) is 65.3 Å². The van der Waals surface area contributed by atoms with Gasteiger partial charge in [-0.2, -0.15) is 4.98 Å². The molecule has 6 nitrogen and oxygen atoms in total. The van der Waals surface area contributed by atoms with Crippen molar-refractivity contribution in [3.63, 3.8) is 0 Å². The zero-order valence-corrected chi connectivity index (χ0v) is 9.30. The van der Waals surface area contributed by atoms with Crippen LogP contribution in [0.25, 0.3) is 0 Å². The van der Waals surface area contributed by atoms with E-state index < -0.39 is 0 Å². The van der Waals surface area contributed by atoms with Crippen LogP contribution in [0.2, 0.25) is 0 Å². The highest BCUT2D eigenvalue weighted by Gasteiger charge is 2.32. The Balaban J connectivity index is 1.44. The summed E-state index contributed by atoms with van der Waals surface area (Å²) in [7, 11) is 0. The topological polar surface area (TPSA) is 57.4 Å². The molecule has 6 heteroatoms. The Labute approximate surface area is 94.6 Å². The van der Waals surface area contributed by atoms with Gasteiger partial charge in [0.25, 0.3) is 0 Å². The Morgan fingerprint density at radius 3 is 2.88 bits per heavy atom. The lowest BCUT2D eigenvalue weighted by atomic mass is 10.1. The van der Waals surface area contributed by atoms with Gasteiger partial charge in [-0.3, -0.25) is 9.80 Å². The predicted octanol–water partition coefficient (Wildman–Crippen LogP) is -0.841. The van der Waals surface area contributed by atoms with Crippen LogP contribution in [0, 0.1) is 0 Å². The molecular weight excluding hydrogens is 206 g/mol. The maximum absolute atomic E-state index is 4.99. The molecule has 0 aromatic carbocycles. The van der Waals surface area contributed by atoms with Crippen LogP contribution in [0.15, 0.2) is 10.9 Å². The fraction of sp³-hybridized carbons (Fsp3) is 0.800. The number of likely N-dealkylation sites (tertiary alicyclic amines) is 1. The van der Waals surface area contributed by atoms with E-state index in [4.69, 9.17) is 4.52 Å². The average Bonchev–Trinajstić information content (AvgIpc) is 2.77. The zero-order valence-electron chi connectivity index (χ0n) is 9.30. The average molecular weight is 223 g/mol. The van der Waals surface area contributed by atoms with E-state index in [1.807, 2.05) is 0 Å². The van der Waals surface area contributed by atoms with E-state index in [0.717, 1.165) is 44.7 Å². The molecule has 2 aliphatic rings. The monoisotopic (exact) mass is 223 g/mol. The molecule has 2 saturated heterocycles. The SMILES string of the molecule is c1noc(CN2CC(N3CCNCC3)C2)n1. The van der Waals surface area contributed by atoms with E-state index in [-0.39, 0.29) is 0 Å². The summed E-state index contributed by atoms with van der Waals surface area (Å²) in [5.74, 6) is 0.721. The molecule has 3 heterocycles. The number of aromatic nitrogens is 2. The summed E-state index contributed by atoms with van der Waals surface area (Å²) < 4.78 is 4.99. The minimum absolute atomic E-state index is 0.721. The van der Waals surface area contributed by atoms with Gasteiger partial charge in [0.15, 0.2) is 6.33 Å². The lowest BCUT2D eigenvalue weighted by Crippen LogP contribution is -2.62. The molecule has 0 aliphatic carbocycles. The number of rotatable bonds is 3. The Kier molecular flexibility index (Phi) is 2.86. The van der Waals surface area contributed by atoms with E-state index in [2.05, 4.69) is 25.3 Å². The van der Waals surface area contributed by atoms with Crippen molar-refractivity contribution in [2.24, 2.45) is 0 Å². The van der Waals surface area contributed by atoms with E-state index >= 15 is 0 Å². The van der Waals surface area contributed by atoms with Crippen molar-refractivity contribution in [2.75, 3.05) is 39.3 Å². The van der Waals surface area contributed by atoms with Gasteiger partial charge >= 0.3 is 0 Å². The lowest BCUT2D eigenvalue weighted by Gasteiger charge is -2.46. The molecule has 1 aromatic rings. The third-order valence-corrected chi connectivity index (χ3v) is 3.37. The summed E-state index contributed by atoms with van der Waals surface area (Å²) in [6.07, 6.45) is 1.46. The molecule has 1 aromatic heterocycles. The molecule has 3 rings (SSSR count). The Bertz CT molecular complexity index is 316. The van der Waals surface area contributed by atoms with Gasteiger partial charge < -0.3 is 9.84 Å². The van der Waals surface area contributed by atoms with Crippen LogP contribution in [0.1, 0.15) is 5.89 Å². The summed E-state index contributed by atoms with van der Waals surface area (Å²) in [6.45, 7) is 7.66. The van der Waals surface area contributed by atoms with Crippen molar-refractivity contribution in [1.82, 2.24) is 25.3 Å². The van der Waals surface area contributed by atoms with Gasteiger partial charge in [-0.25, -0.2) is 0 Å². The molecular formula is C10H17N5O. The lowest BCUT2D eigenvalue weighted by molar-refractivity contribution is 0.0165. The molecule has 0 saturated carbocycles. The highest BCUT2D eigenvalue weighted by molar-refractivity contribution is 4.91. The van der Waals surface area contributed by atoms with Crippen LogP contribution in [-0.2, 0) is 6.54 Å². The second-order valence-corrected chi connectivity index (χ2v) is 4.47. The molecule has 0 unspecified atom stereocenters. The number of nitrogens with zero attached hydrogens (tertiary/aromatic N) is 4. The van der Waals surface area contributed by atoms with Gasteiger partial charge in [0, 0.05) is 45.3 Å². The molecule has 0 bridgehead atoms. The fourth-order valence-corrected chi connectivity index (χ4v) is 2.41. The molecule has 0 spiro atoms. The number of piperazine rings is 1. The smallest absolute Gasteiger partial charge is 0.240 e. The first-order chi connectivity index (χ1) is 7.92. The van der Waals surface area contributed by atoms with Crippen molar-refractivity contribution >= 4 is 0 Å². The van der Waals surface area contributed by atoms with Crippen LogP contribution in [0.3, 0.4) is 0 Å². The van der Waals surface area contributed by atoms with E-state index in [9.17, 15) is 0 Å². The first-order valence-electron chi connectivity index (χ1n) is 5.84. The van der Waals surface area contributed by atoms with Crippen LogP contribution in [0.4, 0.5) is 0 Å². The Morgan fingerprint density at radius 1 is 1.38 bits per heavy atom. The number of nitrogens with one attached hydrogen (secondary N) is 1. The summed E-state index contributed by atoms with van der Waals surface area (Å²) in [5.41, 5.74) is 0. The Morgan fingerprint density at radius 2 is 2.19 bits per heavy atom. The number of hydrogen-bond donors (Lipinski definition) is 1. The molecule has 0 radical (unpaired) electrons. The molecule has 1 N–H and O–H groups in total. The fourth-order valence-electron chi connectivity index (χ4n) is 2.41. The van der Waals surface area contributed by atoms with Crippen molar-refractivity contribution in [1.29, 1.82) is 0 Å². The van der Waals surface area contributed by atoms with Crippen LogP contribution in [0.5, 0.6) is 0 Å². The largest absolute Gasteiger partial charge is 0.338 e. The maximum atomic E-state index is 4.99. The van der Waals surface area contributed by atoms with Gasteiger partial charge in [0.2, 0.25) is 5.89 Å². The maximum Gasteiger partial charge on any atom is 0.240 e. The van der Waals surface area contributed by atoms with E-state index in [0.29, 0.717) is 0 Å². The van der Waals surface area contributed by atoms with Crippen molar-refractivity contribution in [3.8, 4) is 0 Å². The number of hydrogen-bond acceptors (Lipinski definition) is 6. The molecule has 16 heavy (non-hydrogen) atoms. The Hall–Kier alpha value is -0.980. The van der Waals surface area contributed by atoms with Crippen LogP contribution < -0.4 is 5.32 Å². The van der Waals surface area contributed by atoms with E-state index in [1.165, 1.54) is 19.4 Å². The standard InChI is InChI=1S/C10H17N5O/c1-3-15(4-2-11-1)9-5-14(6-9)7-10-12-8-13-16-10/h8-9,11H,1-7H2. The van der Waals surface area contributed by atoms with Gasteiger partial charge in [-0.15, -0.1) is 0 Å². The van der Waals surface area contributed by atoms with Crippen molar-refractivity contribution in [3.05, 3.63) is 12.2 Å². The van der Waals surface area contributed by atoms with Crippen molar-refractivity contribution < 1.29 is 4.52 Å². The molecule has 88 valence electrons. The first-order valence-corrected chi connectivity index (χ1v) is 5.84. The van der Waals surface area contributed by atoms with Gasteiger partial charge in [0.05, 0.1) is 6.54 Å². The third kappa shape index (κ3) is 2.09. The van der Waals surface area contributed by atoms with Gasteiger partial charge in [0.1, 0.15) is 0 Å². The van der Waals surface area contributed by atoms with E-state index in [1.54, 1.807) is 0 Å². The minimum Gasteiger partial charge on any atom is -0.338 e. The summed E-state index contributed by atoms with van der Waals surface area (Å²) in [5, 5.41) is 6.99. The zero-order chi connectivity index (χ0) is 10.8. The minimum atomic E-state index is 0.721.